The normalized spacial score (nSPS) is 11.5. The predicted octanol–water partition coefficient (Wildman–Crippen LogP) is 8.18. The van der Waals surface area contributed by atoms with Crippen molar-refractivity contribution in [3.63, 3.8) is 0 Å². The van der Waals surface area contributed by atoms with Crippen molar-refractivity contribution in [1.82, 2.24) is 0 Å². The first-order valence-electron chi connectivity index (χ1n) is 10.1. The molecule has 0 aliphatic rings. The van der Waals surface area contributed by atoms with E-state index in [2.05, 4.69) is 4.74 Å². The monoisotopic (exact) mass is 454 g/mol. The highest BCUT2D eigenvalue weighted by Crippen LogP contribution is 2.38. The molecule has 0 saturated heterocycles. The second-order valence-corrected chi connectivity index (χ2v) is 7.81. The number of hydrogen-bond acceptors (Lipinski definition) is 1. The Labute approximate surface area is 188 Å². The molecule has 0 bridgehead atoms. The molecule has 0 N–H and O–H groups in total. The fourth-order valence-corrected chi connectivity index (χ4v) is 3.49. The highest BCUT2D eigenvalue weighted by molar-refractivity contribution is 5.71. The average Bonchev–Trinajstić information content (AvgIpc) is 2.75. The summed E-state index contributed by atoms with van der Waals surface area (Å²) in [7, 11) is 0. The summed E-state index contributed by atoms with van der Waals surface area (Å²) in [6.45, 7) is 3.68. The minimum Gasteiger partial charge on any atom is -0.429 e. The van der Waals surface area contributed by atoms with Crippen molar-refractivity contribution < 1.29 is 26.7 Å². The van der Waals surface area contributed by atoms with Crippen LogP contribution in [0.25, 0.3) is 22.3 Å². The molecule has 4 aromatic rings. The largest absolute Gasteiger partial charge is 0.432 e. The summed E-state index contributed by atoms with van der Waals surface area (Å²) in [5.41, 5.74) is 1.35. The highest BCUT2D eigenvalue weighted by Gasteiger charge is 2.41. The van der Waals surface area contributed by atoms with E-state index in [4.69, 9.17) is 0 Å². The van der Waals surface area contributed by atoms with Crippen LogP contribution in [0.2, 0.25) is 0 Å². The van der Waals surface area contributed by atoms with Gasteiger partial charge in [0.1, 0.15) is 28.8 Å². The van der Waals surface area contributed by atoms with E-state index in [1.54, 1.807) is 13.0 Å². The third-order valence-corrected chi connectivity index (χ3v) is 5.27. The van der Waals surface area contributed by atoms with E-state index >= 15 is 0 Å². The van der Waals surface area contributed by atoms with Gasteiger partial charge >= 0.3 is 6.11 Å². The van der Waals surface area contributed by atoms with Gasteiger partial charge in [0.15, 0.2) is 0 Å². The lowest BCUT2D eigenvalue weighted by atomic mass is 9.98. The molecule has 168 valence electrons. The van der Waals surface area contributed by atoms with Crippen molar-refractivity contribution >= 4 is 0 Å². The van der Waals surface area contributed by atoms with E-state index in [9.17, 15) is 22.0 Å². The maximum Gasteiger partial charge on any atom is 0.432 e. The molecule has 4 rings (SSSR count). The van der Waals surface area contributed by atoms with Crippen LogP contribution in [0.15, 0.2) is 78.9 Å². The molecule has 0 unspecified atom stereocenters. The summed E-state index contributed by atoms with van der Waals surface area (Å²) in [5.74, 6) is -4.05. The average molecular weight is 454 g/mol. The van der Waals surface area contributed by atoms with Crippen LogP contribution in [-0.2, 0) is 6.11 Å². The van der Waals surface area contributed by atoms with Crippen LogP contribution < -0.4 is 4.74 Å². The first-order valence-corrected chi connectivity index (χ1v) is 10.1. The summed E-state index contributed by atoms with van der Waals surface area (Å²) in [6, 6.07) is 18.6. The molecule has 0 aromatic heterocycles. The molecule has 4 aromatic carbocycles. The smallest absolute Gasteiger partial charge is 0.429 e. The van der Waals surface area contributed by atoms with E-state index in [-0.39, 0.29) is 16.9 Å². The Morgan fingerprint density at radius 3 is 1.61 bits per heavy atom. The quantitative estimate of drug-likeness (QED) is 0.276. The van der Waals surface area contributed by atoms with Crippen LogP contribution in [-0.4, -0.2) is 0 Å². The van der Waals surface area contributed by atoms with Gasteiger partial charge in [-0.2, -0.15) is 8.78 Å². The van der Waals surface area contributed by atoms with E-state index in [0.717, 1.165) is 16.7 Å². The second-order valence-electron chi connectivity index (χ2n) is 7.81. The van der Waals surface area contributed by atoms with Crippen molar-refractivity contribution in [2.45, 2.75) is 20.0 Å². The summed E-state index contributed by atoms with van der Waals surface area (Å²) in [5, 5.41) is 0. The third kappa shape index (κ3) is 4.75. The Morgan fingerprint density at radius 2 is 1.06 bits per heavy atom. The Balaban J connectivity index is 1.66. The number of benzene rings is 4. The fourth-order valence-electron chi connectivity index (χ4n) is 3.49. The molecule has 0 spiro atoms. The molecule has 0 atom stereocenters. The zero-order valence-electron chi connectivity index (χ0n) is 17.8. The Morgan fingerprint density at radius 1 is 0.576 bits per heavy atom. The van der Waals surface area contributed by atoms with Crippen molar-refractivity contribution in [2.24, 2.45) is 0 Å². The molecule has 0 amide bonds. The van der Waals surface area contributed by atoms with E-state index in [1.807, 2.05) is 31.2 Å². The number of alkyl halides is 2. The van der Waals surface area contributed by atoms with Crippen molar-refractivity contribution in [3.05, 3.63) is 113 Å². The van der Waals surface area contributed by atoms with Crippen LogP contribution in [0.1, 0.15) is 16.7 Å². The van der Waals surface area contributed by atoms with Gasteiger partial charge in [0.25, 0.3) is 0 Å². The molecule has 0 aliphatic heterocycles. The van der Waals surface area contributed by atoms with Gasteiger partial charge in [0.2, 0.25) is 0 Å². The van der Waals surface area contributed by atoms with E-state index < -0.39 is 29.1 Å². The lowest BCUT2D eigenvalue weighted by Crippen LogP contribution is -2.25. The third-order valence-electron chi connectivity index (χ3n) is 5.27. The predicted molar refractivity (Wildman–Crippen MR) is 118 cm³/mol. The Kier molecular flexibility index (Phi) is 5.93. The zero-order valence-corrected chi connectivity index (χ0v) is 17.8. The Bertz CT molecular complexity index is 1270. The molecule has 1 nitrogen and oxygen atoms in total. The highest BCUT2D eigenvalue weighted by atomic mass is 19.3. The molecule has 0 aliphatic carbocycles. The van der Waals surface area contributed by atoms with Gasteiger partial charge in [-0.25, -0.2) is 13.2 Å². The summed E-state index contributed by atoms with van der Waals surface area (Å²) in [6.07, 6.45) is -4.27. The molecule has 0 saturated carbocycles. The van der Waals surface area contributed by atoms with Gasteiger partial charge in [-0.3, -0.25) is 0 Å². The molecule has 33 heavy (non-hydrogen) atoms. The summed E-state index contributed by atoms with van der Waals surface area (Å²) >= 11 is 0. The lowest BCUT2D eigenvalue weighted by Gasteiger charge is -2.20. The number of ether oxygens (including phenoxy) is 1. The minimum absolute atomic E-state index is 0.113. The molecule has 0 radical (unpaired) electrons. The van der Waals surface area contributed by atoms with Crippen molar-refractivity contribution in [1.29, 1.82) is 0 Å². The first-order chi connectivity index (χ1) is 15.6. The van der Waals surface area contributed by atoms with Gasteiger partial charge < -0.3 is 4.74 Å². The minimum atomic E-state index is -4.27. The number of rotatable bonds is 5. The van der Waals surface area contributed by atoms with Crippen molar-refractivity contribution in [2.75, 3.05) is 0 Å². The van der Waals surface area contributed by atoms with Crippen LogP contribution in [0.5, 0.6) is 5.75 Å². The van der Waals surface area contributed by atoms with Crippen LogP contribution in [0, 0.1) is 31.3 Å². The first kappa shape index (κ1) is 22.5. The van der Waals surface area contributed by atoms with Crippen molar-refractivity contribution in [3.8, 4) is 28.0 Å². The fraction of sp³-hybridized carbons (Fsp3) is 0.111. The van der Waals surface area contributed by atoms with Gasteiger partial charge in [0, 0.05) is 5.56 Å². The Hall–Kier alpha value is -3.67. The van der Waals surface area contributed by atoms with Crippen LogP contribution in [0.3, 0.4) is 0 Å². The second kappa shape index (κ2) is 8.70. The standard InChI is InChI=1S/C27H19F5O/c1-16-3-7-18(8-4-16)19-9-12-22(23(28)13-19)20-14-24(29)26(25(30)15-20)27(31,32)33-21-10-5-17(2)6-11-21/h3-15H,1-2H3. The van der Waals surface area contributed by atoms with Gasteiger partial charge in [0.05, 0.1) is 0 Å². The topological polar surface area (TPSA) is 9.23 Å². The molecule has 0 heterocycles. The maximum absolute atomic E-state index is 14.8. The lowest BCUT2D eigenvalue weighted by molar-refractivity contribution is -0.189. The summed E-state index contributed by atoms with van der Waals surface area (Å²) in [4.78, 5) is 0. The van der Waals surface area contributed by atoms with Crippen LogP contribution in [0.4, 0.5) is 22.0 Å². The van der Waals surface area contributed by atoms with Gasteiger partial charge in [-0.05, 0) is 60.9 Å². The molecular formula is C27H19F5O. The number of hydrogen-bond donors (Lipinski definition) is 0. The number of aryl methyl sites for hydroxylation is 2. The molecule has 0 fully saturated rings. The summed E-state index contributed by atoms with van der Waals surface area (Å²) < 4.78 is 77.8. The SMILES string of the molecule is Cc1ccc(OC(F)(F)c2c(F)cc(-c3ccc(-c4ccc(C)cc4)cc3F)cc2F)cc1. The number of halogens is 5. The van der Waals surface area contributed by atoms with Crippen LogP contribution >= 0.6 is 0 Å². The zero-order chi connectivity index (χ0) is 23.8. The van der Waals surface area contributed by atoms with Gasteiger partial charge in [-0.1, -0.05) is 59.7 Å². The molecular weight excluding hydrogens is 435 g/mol. The van der Waals surface area contributed by atoms with E-state index in [0.29, 0.717) is 17.7 Å². The van der Waals surface area contributed by atoms with E-state index in [1.165, 1.54) is 36.4 Å². The molecule has 6 heteroatoms. The van der Waals surface area contributed by atoms with Gasteiger partial charge in [-0.15, -0.1) is 0 Å². The maximum atomic E-state index is 14.8.